The first-order valence-corrected chi connectivity index (χ1v) is 11.2. The van der Waals surface area contributed by atoms with Gasteiger partial charge >= 0.3 is 22.0 Å². The van der Waals surface area contributed by atoms with Crippen LogP contribution in [0.1, 0.15) is 27.4 Å². The molecule has 0 aromatic heterocycles. The lowest BCUT2D eigenvalue weighted by Gasteiger charge is -2.18. The van der Waals surface area contributed by atoms with Crippen LogP contribution < -0.4 is 8.92 Å². The molecule has 0 saturated heterocycles. The number of rotatable bonds is 7. The van der Waals surface area contributed by atoms with Crippen molar-refractivity contribution in [2.24, 2.45) is 0 Å². The molecule has 35 heavy (non-hydrogen) atoms. The molecule has 0 saturated carbocycles. The Morgan fingerprint density at radius 3 is 1.66 bits per heavy atom. The minimum atomic E-state index is -5.89. The maximum Gasteiger partial charge on any atom is 0.573 e. The molecule has 0 aliphatic carbocycles. The van der Waals surface area contributed by atoms with Crippen LogP contribution in [-0.4, -0.2) is 26.1 Å². The normalized spacial score (nSPS) is 13.2. The first-order chi connectivity index (χ1) is 16.2. The molecular weight excluding hydrogens is 526 g/mol. The molecule has 1 atom stereocenters. The van der Waals surface area contributed by atoms with Crippen molar-refractivity contribution in [3.05, 3.63) is 94.5 Å². The van der Waals surface area contributed by atoms with Crippen molar-refractivity contribution < 1.29 is 48.5 Å². The fraction of sp³-hybridized carbons (Fsp3) is 0.136. The lowest BCUT2D eigenvalue weighted by atomic mass is 9.85. The van der Waals surface area contributed by atoms with Gasteiger partial charge in [0.15, 0.2) is 5.78 Å². The van der Waals surface area contributed by atoms with Gasteiger partial charge in [-0.25, -0.2) is 0 Å². The number of carbonyl (C=O) groups excluding carboxylic acids is 1. The zero-order valence-corrected chi connectivity index (χ0v) is 18.7. The smallest absolute Gasteiger partial charge is 0.406 e. The van der Waals surface area contributed by atoms with Crippen LogP contribution in [0.2, 0.25) is 5.02 Å². The van der Waals surface area contributed by atoms with E-state index in [1.165, 1.54) is 36.4 Å². The largest absolute Gasteiger partial charge is 0.573 e. The van der Waals surface area contributed by atoms with Crippen LogP contribution in [0.15, 0.2) is 72.8 Å². The first-order valence-electron chi connectivity index (χ1n) is 9.42. The van der Waals surface area contributed by atoms with Crippen molar-refractivity contribution in [3.63, 3.8) is 0 Å². The summed E-state index contributed by atoms with van der Waals surface area (Å²) in [6, 6.07) is 14.4. The Labute approximate surface area is 200 Å². The van der Waals surface area contributed by atoms with Crippen molar-refractivity contribution in [1.82, 2.24) is 0 Å². The highest BCUT2D eigenvalue weighted by molar-refractivity contribution is 7.88. The van der Waals surface area contributed by atoms with Crippen molar-refractivity contribution in [3.8, 4) is 11.5 Å². The average Bonchev–Trinajstić information content (AvgIpc) is 2.75. The van der Waals surface area contributed by atoms with Crippen molar-refractivity contribution in [1.29, 1.82) is 0 Å². The molecule has 13 heteroatoms. The summed E-state index contributed by atoms with van der Waals surface area (Å²) >= 11 is 5.89. The van der Waals surface area contributed by atoms with E-state index in [9.17, 15) is 39.6 Å². The molecule has 0 N–H and O–H groups in total. The van der Waals surface area contributed by atoms with E-state index in [0.717, 1.165) is 36.4 Å². The number of hydrogen-bond acceptors (Lipinski definition) is 5. The number of ketones is 1. The number of halogens is 7. The van der Waals surface area contributed by atoms with Crippen LogP contribution in [0.3, 0.4) is 0 Å². The summed E-state index contributed by atoms with van der Waals surface area (Å²) in [7, 11) is -5.89. The Morgan fingerprint density at radius 2 is 1.20 bits per heavy atom. The average molecular weight is 539 g/mol. The van der Waals surface area contributed by atoms with Gasteiger partial charge in [0.2, 0.25) is 0 Å². The predicted molar refractivity (Wildman–Crippen MR) is 113 cm³/mol. The van der Waals surface area contributed by atoms with Crippen molar-refractivity contribution >= 4 is 27.5 Å². The summed E-state index contributed by atoms with van der Waals surface area (Å²) in [4.78, 5) is 13.3. The van der Waals surface area contributed by atoms with E-state index in [2.05, 4.69) is 8.92 Å². The Kier molecular flexibility index (Phi) is 7.37. The van der Waals surface area contributed by atoms with E-state index in [-0.39, 0.29) is 11.1 Å². The number of hydrogen-bond donors (Lipinski definition) is 0. The molecule has 0 bridgehead atoms. The molecule has 3 aromatic rings. The zero-order valence-electron chi connectivity index (χ0n) is 17.1. The van der Waals surface area contributed by atoms with E-state index in [1.807, 2.05) is 0 Å². The number of carbonyl (C=O) groups is 1. The molecule has 3 rings (SSSR count). The van der Waals surface area contributed by atoms with Crippen molar-refractivity contribution in [2.75, 3.05) is 0 Å². The maximum atomic E-state index is 13.3. The molecule has 0 fully saturated rings. The number of Topliss-reactive ketones (excluding diaryl/α,β-unsaturated/α-hetero) is 1. The van der Waals surface area contributed by atoms with Gasteiger partial charge < -0.3 is 8.92 Å². The Morgan fingerprint density at radius 1 is 0.743 bits per heavy atom. The predicted octanol–water partition coefficient (Wildman–Crippen LogP) is 6.48. The van der Waals surface area contributed by atoms with Gasteiger partial charge in [-0.3, -0.25) is 4.79 Å². The van der Waals surface area contributed by atoms with Crippen molar-refractivity contribution in [2.45, 2.75) is 17.8 Å². The van der Waals surface area contributed by atoms with Gasteiger partial charge in [-0.2, -0.15) is 21.6 Å². The second kappa shape index (κ2) is 9.78. The number of benzene rings is 3. The second-order valence-electron chi connectivity index (χ2n) is 6.97. The van der Waals surface area contributed by atoms with Crippen LogP contribution in [0.4, 0.5) is 26.3 Å². The minimum Gasteiger partial charge on any atom is -0.406 e. The van der Waals surface area contributed by atoms with E-state index in [1.54, 1.807) is 0 Å². The highest BCUT2D eigenvalue weighted by atomic mass is 35.5. The molecule has 0 radical (unpaired) electrons. The number of alkyl halides is 6. The fourth-order valence-electron chi connectivity index (χ4n) is 3.03. The van der Waals surface area contributed by atoms with E-state index in [0.29, 0.717) is 10.6 Å². The van der Waals surface area contributed by atoms with Crippen LogP contribution >= 0.6 is 11.6 Å². The molecule has 1 unspecified atom stereocenters. The van der Waals surface area contributed by atoms with Gasteiger partial charge in [0.25, 0.3) is 0 Å². The molecule has 0 spiro atoms. The van der Waals surface area contributed by atoms with Crippen LogP contribution in [0.5, 0.6) is 11.5 Å². The van der Waals surface area contributed by atoms with Crippen LogP contribution in [0, 0.1) is 0 Å². The molecule has 0 heterocycles. The molecule has 0 aliphatic rings. The third kappa shape index (κ3) is 6.67. The van der Waals surface area contributed by atoms with E-state index >= 15 is 0 Å². The van der Waals surface area contributed by atoms with E-state index in [4.69, 9.17) is 11.6 Å². The molecule has 186 valence electrons. The lowest BCUT2D eigenvalue weighted by Crippen LogP contribution is -2.28. The summed E-state index contributed by atoms with van der Waals surface area (Å²) in [6.45, 7) is 0. The lowest BCUT2D eigenvalue weighted by molar-refractivity contribution is -0.274. The molecule has 3 aromatic carbocycles. The van der Waals surface area contributed by atoms with Crippen LogP contribution in [0.25, 0.3) is 0 Å². The fourth-order valence-corrected chi connectivity index (χ4v) is 3.61. The third-order valence-electron chi connectivity index (χ3n) is 4.54. The van der Waals surface area contributed by atoms with E-state index < -0.39 is 45.2 Å². The summed E-state index contributed by atoms with van der Waals surface area (Å²) in [6.07, 6.45) is -4.92. The highest BCUT2D eigenvalue weighted by Gasteiger charge is 2.48. The van der Waals surface area contributed by atoms with Gasteiger partial charge in [0.1, 0.15) is 11.5 Å². The Bertz CT molecular complexity index is 1290. The first kappa shape index (κ1) is 26.4. The van der Waals surface area contributed by atoms with Gasteiger partial charge in [-0.1, -0.05) is 35.9 Å². The maximum absolute atomic E-state index is 13.3. The van der Waals surface area contributed by atoms with Crippen LogP contribution in [-0.2, 0) is 10.1 Å². The molecule has 0 aliphatic heterocycles. The Balaban J connectivity index is 1.95. The second-order valence-corrected chi connectivity index (χ2v) is 8.95. The SMILES string of the molecule is O=C(c1ccc(OC(F)(F)F)cc1)C(c1ccc(Cl)cc1)c1ccc(OS(=O)(=O)C(F)(F)F)cc1. The summed E-state index contributed by atoms with van der Waals surface area (Å²) in [5.74, 6) is -2.80. The molecule has 5 nitrogen and oxygen atoms in total. The quantitative estimate of drug-likeness (QED) is 0.149. The summed E-state index contributed by atoms with van der Waals surface area (Å²) in [5, 5.41) is 0.356. The zero-order chi connectivity index (χ0) is 26.0. The third-order valence-corrected chi connectivity index (χ3v) is 5.77. The minimum absolute atomic E-state index is 0.0134. The summed E-state index contributed by atoms with van der Waals surface area (Å²) in [5.41, 5.74) is -4.97. The standard InChI is InChI=1S/C22H13ClF6O5S/c23-16-7-1-13(2-8-16)19(20(30)15-5-9-17(10-6-15)33-21(24,25)26)14-3-11-18(12-4-14)34-35(31,32)22(27,28)29/h1-12,19H. The van der Waals surface area contributed by atoms with Gasteiger partial charge in [0, 0.05) is 10.6 Å². The summed E-state index contributed by atoms with van der Waals surface area (Å²) < 4.78 is 105. The van der Waals surface area contributed by atoms with Gasteiger partial charge in [-0.15, -0.1) is 13.2 Å². The number of ether oxygens (including phenoxy) is 1. The topological polar surface area (TPSA) is 69.7 Å². The van der Waals surface area contributed by atoms with Gasteiger partial charge in [-0.05, 0) is 59.7 Å². The van der Waals surface area contributed by atoms with Gasteiger partial charge in [0.05, 0.1) is 5.92 Å². The highest BCUT2D eigenvalue weighted by Crippen LogP contribution is 2.33. The molecule has 0 amide bonds. The Hall–Kier alpha value is -3.25. The monoisotopic (exact) mass is 538 g/mol. The molecular formula is C22H13ClF6O5S.